The van der Waals surface area contributed by atoms with Crippen LogP contribution in [0.5, 0.6) is 0 Å². The van der Waals surface area contributed by atoms with Gasteiger partial charge in [-0.25, -0.2) is 0 Å². The molecule has 0 saturated heterocycles. The maximum Gasteiger partial charge on any atom is 0.301 e. The van der Waals surface area contributed by atoms with Gasteiger partial charge in [0.2, 0.25) is 0 Å². The predicted molar refractivity (Wildman–Crippen MR) is 76.6 cm³/mol. The molecular weight excluding hydrogens is 272 g/mol. The van der Waals surface area contributed by atoms with Crippen molar-refractivity contribution in [2.45, 2.75) is 18.7 Å². The van der Waals surface area contributed by atoms with Crippen molar-refractivity contribution in [2.75, 3.05) is 25.4 Å². The van der Waals surface area contributed by atoms with E-state index < -0.39 is 4.92 Å². The van der Waals surface area contributed by atoms with Crippen molar-refractivity contribution in [2.24, 2.45) is 0 Å². The molecule has 0 heterocycles. The van der Waals surface area contributed by atoms with Crippen molar-refractivity contribution in [1.29, 1.82) is 0 Å². The molecule has 0 bridgehead atoms. The lowest BCUT2D eigenvalue weighted by Crippen LogP contribution is -2.25. The molecule has 100 valence electrons. The van der Waals surface area contributed by atoms with Crippen LogP contribution in [0, 0.1) is 10.1 Å². The molecule has 0 N–H and O–H groups in total. The number of benzene rings is 1. The Hall–Kier alpha value is -0.780. The van der Waals surface area contributed by atoms with E-state index in [-0.39, 0.29) is 10.7 Å². The second-order valence-corrected chi connectivity index (χ2v) is 5.26. The summed E-state index contributed by atoms with van der Waals surface area (Å²) in [6.07, 6.45) is 0. The highest BCUT2D eigenvalue weighted by Crippen LogP contribution is 2.34. The molecule has 18 heavy (non-hydrogen) atoms. The minimum atomic E-state index is -0.415. The van der Waals surface area contributed by atoms with Crippen molar-refractivity contribution in [1.82, 2.24) is 4.90 Å². The van der Waals surface area contributed by atoms with Crippen LogP contribution < -0.4 is 0 Å². The van der Waals surface area contributed by atoms with Crippen LogP contribution in [-0.2, 0) is 0 Å². The number of nitro groups is 1. The molecule has 1 aromatic carbocycles. The van der Waals surface area contributed by atoms with Crippen LogP contribution in [0.15, 0.2) is 23.1 Å². The second-order valence-electron chi connectivity index (χ2n) is 3.72. The summed E-state index contributed by atoms with van der Waals surface area (Å²) in [4.78, 5) is 13.5. The average Bonchev–Trinajstić information content (AvgIpc) is 2.34. The first-order chi connectivity index (χ1) is 8.60. The maximum absolute atomic E-state index is 10.9. The van der Waals surface area contributed by atoms with E-state index in [1.54, 1.807) is 18.2 Å². The van der Waals surface area contributed by atoms with Crippen LogP contribution in [0.1, 0.15) is 13.8 Å². The van der Waals surface area contributed by atoms with Gasteiger partial charge in [-0.3, -0.25) is 10.1 Å². The Morgan fingerprint density at radius 1 is 1.39 bits per heavy atom. The van der Waals surface area contributed by atoms with Gasteiger partial charge in [0.05, 0.1) is 9.82 Å². The number of thioether (sulfide) groups is 1. The SMILES string of the molecule is CCN(CC)CCSc1cccc(Cl)c1[N+](=O)[O-]. The van der Waals surface area contributed by atoms with Gasteiger partial charge in [0.25, 0.3) is 0 Å². The second kappa shape index (κ2) is 7.61. The van der Waals surface area contributed by atoms with Crippen molar-refractivity contribution in [3.8, 4) is 0 Å². The third-order valence-electron chi connectivity index (χ3n) is 2.69. The Balaban J connectivity index is 2.67. The van der Waals surface area contributed by atoms with Crippen LogP contribution in [-0.4, -0.2) is 35.2 Å². The minimum Gasteiger partial charge on any atom is -0.303 e. The average molecular weight is 289 g/mol. The predicted octanol–water partition coefficient (Wildman–Crippen LogP) is 3.68. The molecular formula is C12H17ClN2O2S. The molecule has 0 radical (unpaired) electrons. The Morgan fingerprint density at radius 2 is 2.06 bits per heavy atom. The van der Waals surface area contributed by atoms with Gasteiger partial charge >= 0.3 is 5.69 Å². The van der Waals surface area contributed by atoms with Crippen LogP contribution in [0.25, 0.3) is 0 Å². The number of hydrogen-bond acceptors (Lipinski definition) is 4. The largest absolute Gasteiger partial charge is 0.303 e. The van der Waals surface area contributed by atoms with Crippen LogP contribution in [0.2, 0.25) is 5.02 Å². The molecule has 0 aliphatic rings. The Morgan fingerprint density at radius 3 is 2.61 bits per heavy atom. The van der Waals surface area contributed by atoms with Gasteiger partial charge in [-0.1, -0.05) is 31.5 Å². The molecule has 0 unspecified atom stereocenters. The first-order valence-electron chi connectivity index (χ1n) is 5.88. The fourth-order valence-electron chi connectivity index (χ4n) is 1.61. The van der Waals surface area contributed by atoms with Crippen molar-refractivity contribution >= 4 is 29.1 Å². The van der Waals surface area contributed by atoms with Crippen molar-refractivity contribution in [3.63, 3.8) is 0 Å². The van der Waals surface area contributed by atoms with E-state index >= 15 is 0 Å². The minimum absolute atomic E-state index is 0.0173. The fraction of sp³-hybridized carbons (Fsp3) is 0.500. The van der Waals surface area contributed by atoms with Gasteiger partial charge in [0.15, 0.2) is 0 Å². The highest BCUT2D eigenvalue weighted by molar-refractivity contribution is 7.99. The molecule has 0 fully saturated rings. The highest BCUT2D eigenvalue weighted by atomic mass is 35.5. The lowest BCUT2D eigenvalue weighted by molar-refractivity contribution is -0.387. The molecule has 0 aliphatic carbocycles. The first-order valence-corrected chi connectivity index (χ1v) is 7.24. The molecule has 4 nitrogen and oxygen atoms in total. The van der Waals surface area contributed by atoms with Gasteiger partial charge in [-0.05, 0) is 25.2 Å². The molecule has 0 atom stereocenters. The van der Waals surface area contributed by atoms with Crippen LogP contribution in [0.3, 0.4) is 0 Å². The molecule has 1 rings (SSSR count). The summed E-state index contributed by atoms with van der Waals surface area (Å²) < 4.78 is 0. The lowest BCUT2D eigenvalue weighted by atomic mass is 10.3. The van der Waals surface area contributed by atoms with E-state index in [4.69, 9.17) is 11.6 Å². The van der Waals surface area contributed by atoms with E-state index in [9.17, 15) is 10.1 Å². The summed E-state index contributed by atoms with van der Waals surface area (Å²) in [5, 5.41) is 11.2. The van der Waals surface area contributed by atoms with E-state index in [0.717, 1.165) is 25.4 Å². The summed E-state index contributed by atoms with van der Waals surface area (Å²) >= 11 is 7.34. The summed E-state index contributed by atoms with van der Waals surface area (Å²) in [7, 11) is 0. The van der Waals surface area contributed by atoms with Gasteiger partial charge in [0.1, 0.15) is 5.02 Å². The number of halogens is 1. The lowest BCUT2D eigenvalue weighted by Gasteiger charge is -2.17. The molecule has 6 heteroatoms. The Kier molecular flexibility index (Phi) is 6.46. The van der Waals surface area contributed by atoms with E-state index in [2.05, 4.69) is 18.7 Å². The molecule has 0 aliphatic heterocycles. The van der Waals surface area contributed by atoms with Gasteiger partial charge in [-0.15, -0.1) is 11.8 Å². The monoisotopic (exact) mass is 288 g/mol. The zero-order chi connectivity index (χ0) is 13.5. The number of hydrogen-bond donors (Lipinski definition) is 0. The smallest absolute Gasteiger partial charge is 0.301 e. The number of nitro benzene ring substituents is 1. The van der Waals surface area contributed by atoms with Gasteiger partial charge in [0, 0.05) is 12.3 Å². The van der Waals surface area contributed by atoms with E-state index in [0.29, 0.717) is 4.90 Å². The fourth-order valence-corrected chi connectivity index (χ4v) is 2.98. The zero-order valence-electron chi connectivity index (χ0n) is 10.6. The molecule has 0 spiro atoms. The standard InChI is InChI=1S/C12H17ClN2O2S/c1-3-14(4-2)8-9-18-11-7-5-6-10(13)12(11)15(16)17/h5-7H,3-4,8-9H2,1-2H3. The number of para-hydroxylation sites is 1. The number of nitrogens with zero attached hydrogens (tertiary/aromatic N) is 2. The van der Waals surface area contributed by atoms with Gasteiger partial charge in [-0.2, -0.15) is 0 Å². The summed E-state index contributed by atoms with van der Waals surface area (Å²) in [6, 6.07) is 5.04. The van der Waals surface area contributed by atoms with Crippen LogP contribution in [0.4, 0.5) is 5.69 Å². The van der Waals surface area contributed by atoms with Gasteiger partial charge < -0.3 is 4.90 Å². The molecule has 0 aromatic heterocycles. The number of rotatable bonds is 7. The van der Waals surface area contributed by atoms with E-state index in [1.165, 1.54) is 11.8 Å². The zero-order valence-corrected chi connectivity index (χ0v) is 12.1. The first kappa shape index (κ1) is 15.3. The van der Waals surface area contributed by atoms with Crippen molar-refractivity contribution < 1.29 is 4.92 Å². The highest BCUT2D eigenvalue weighted by Gasteiger charge is 2.18. The summed E-state index contributed by atoms with van der Waals surface area (Å²) in [6.45, 7) is 7.12. The third-order valence-corrected chi connectivity index (χ3v) is 4.02. The topological polar surface area (TPSA) is 46.4 Å². The van der Waals surface area contributed by atoms with E-state index in [1.807, 2.05) is 0 Å². The molecule has 0 saturated carbocycles. The Labute approximate surface area is 116 Å². The third kappa shape index (κ3) is 4.15. The molecule has 0 amide bonds. The van der Waals surface area contributed by atoms with Crippen molar-refractivity contribution in [3.05, 3.63) is 33.3 Å². The summed E-state index contributed by atoms with van der Waals surface area (Å²) in [5.74, 6) is 0.822. The molecule has 1 aromatic rings. The normalized spacial score (nSPS) is 10.9. The van der Waals surface area contributed by atoms with Crippen LogP contribution >= 0.6 is 23.4 Å². The quantitative estimate of drug-likeness (QED) is 0.436. The maximum atomic E-state index is 10.9. The summed E-state index contributed by atoms with van der Waals surface area (Å²) in [5.41, 5.74) is 0.0173. The Bertz CT molecular complexity index is 411.